The van der Waals surface area contributed by atoms with Crippen molar-refractivity contribution in [3.63, 3.8) is 0 Å². The summed E-state index contributed by atoms with van der Waals surface area (Å²) in [5, 5.41) is 3.30. The molecule has 1 fully saturated rings. The molecule has 3 atom stereocenters. The second-order valence-electron chi connectivity index (χ2n) is 4.65. The summed E-state index contributed by atoms with van der Waals surface area (Å²) in [7, 11) is 0. The van der Waals surface area contributed by atoms with Gasteiger partial charge in [0.25, 0.3) is 0 Å². The standard InChI is InChI=1S/C11H22N2O/c1-4-13-11(10(12)14)7-8(2)5-6-9(11)3/h8-9,13H,4-7H2,1-3H3,(H2,12,14). The molecule has 0 bridgehead atoms. The predicted octanol–water partition coefficient (Wildman–Crippen LogP) is 1.28. The van der Waals surface area contributed by atoms with E-state index >= 15 is 0 Å². The van der Waals surface area contributed by atoms with Crippen molar-refractivity contribution < 1.29 is 4.79 Å². The Kier molecular flexibility index (Phi) is 3.53. The molecule has 3 N–H and O–H groups in total. The van der Waals surface area contributed by atoms with Gasteiger partial charge in [-0.3, -0.25) is 4.79 Å². The van der Waals surface area contributed by atoms with Crippen LogP contribution in [0.3, 0.4) is 0 Å². The van der Waals surface area contributed by atoms with Gasteiger partial charge >= 0.3 is 0 Å². The SMILES string of the molecule is CCNC1(C(N)=O)CC(C)CCC1C. The van der Waals surface area contributed by atoms with E-state index in [1.165, 1.54) is 6.42 Å². The second kappa shape index (κ2) is 4.30. The van der Waals surface area contributed by atoms with E-state index < -0.39 is 5.54 Å². The van der Waals surface area contributed by atoms with Crippen LogP contribution in [0.15, 0.2) is 0 Å². The molecular formula is C11H22N2O. The predicted molar refractivity (Wildman–Crippen MR) is 57.8 cm³/mol. The minimum Gasteiger partial charge on any atom is -0.368 e. The lowest BCUT2D eigenvalue weighted by Gasteiger charge is -2.43. The summed E-state index contributed by atoms with van der Waals surface area (Å²) in [6.07, 6.45) is 3.19. The summed E-state index contributed by atoms with van der Waals surface area (Å²) in [5.41, 5.74) is 5.09. The zero-order valence-electron chi connectivity index (χ0n) is 9.47. The van der Waals surface area contributed by atoms with E-state index in [9.17, 15) is 4.79 Å². The highest BCUT2D eigenvalue weighted by Crippen LogP contribution is 2.36. The smallest absolute Gasteiger partial charge is 0.238 e. The molecule has 0 aromatic heterocycles. The molecule has 0 aromatic rings. The van der Waals surface area contributed by atoms with Crippen molar-refractivity contribution in [2.45, 2.75) is 45.6 Å². The van der Waals surface area contributed by atoms with Gasteiger partial charge in [0.05, 0.1) is 0 Å². The summed E-state index contributed by atoms with van der Waals surface area (Å²) in [5.74, 6) is 0.771. The van der Waals surface area contributed by atoms with Gasteiger partial charge in [-0.25, -0.2) is 0 Å². The zero-order chi connectivity index (χ0) is 10.8. The van der Waals surface area contributed by atoms with Crippen LogP contribution in [0.4, 0.5) is 0 Å². The first-order valence-corrected chi connectivity index (χ1v) is 5.58. The Morgan fingerprint density at radius 2 is 2.14 bits per heavy atom. The third-order valence-electron chi connectivity index (χ3n) is 3.54. The van der Waals surface area contributed by atoms with Crippen LogP contribution in [0.1, 0.15) is 40.0 Å². The largest absolute Gasteiger partial charge is 0.368 e. The lowest BCUT2D eigenvalue weighted by molar-refractivity contribution is -0.128. The molecule has 3 unspecified atom stereocenters. The maximum atomic E-state index is 11.6. The molecule has 1 saturated carbocycles. The number of carbonyl (C=O) groups excluding carboxylic acids is 1. The molecule has 1 rings (SSSR count). The molecule has 0 spiro atoms. The maximum absolute atomic E-state index is 11.6. The van der Waals surface area contributed by atoms with E-state index in [1.807, 2.05) is 6.92 Å². The molecule has 82 valence electrons. The van der Waals surface area contributed by atoms with Gasteiger partial charge in [0.15, 0.2) is 0 Å². The molecule has 0 radical (unpaired) electrons. The molecular weight excluding hydrogens is 176 g/mol. The first kappa shape index (κ1) is 11.5. The van der Waals surface area contributed by atoms with Crippen LogP contribution in [0, 0.1) is 11.8 Å². The van der Waals surface area contributed by atoms with Crippen LogP contribution in [0.25, 0.3) is 0 Å². The summed E-state index contributed by atoms with van der Waals surface area (Å²) in [6.45, 7) is 7.15. The van der Waals surface area contributed by atoms with E-state index in [2.05, 4.69) is 19.2 Å². The monoisotopic (exact) mass is 198 g/mol. The zero-order valence-corrected chi connectivity index (χ0v) is 9.47. The maximum Gasteiger partial charge on any atom is 0.238 e. The van der Waals surface area contributed by atoms with Crippen LogP contribution < -0.4 is 11.1 Å². The van der Waals surface area contributed by atoms with Crippen molar-refractivity contribution in [2.24, 2.45) is 17.6 Å². The first-order valence-electron chi connectivity index (χ1n) is 5.58. The first-order chi connectivity index (χ1) is 6.53. The second-order valence-corrected chi connectivity index (χ2v) is 4.65. The number of nitrogens with one attached hydrogen (secondary N) is 1. The highest BCUT2D eigenvalue weighted by atomic mass is 16.1. The molecule has 0 aliphatic heterocycles. The summed E-state index contributed by atoms with van der Waals surface area (Å²) < 4.78 is 0. The summed E-state index contributed by atoms with van der Waals surface area (Å²) >= 11 is 0. The fourth-order valence-electron chi connectivity index (χ4n) is 2.63. The van der Waals surface area contributed by atoms with E-state index in [1.54, 1.807) is 0 Å². The van der Waals surface area contributed by atoms with E-state index in [4.69, 9.17) is 5.73 Å². The fraction of sp³-hybridized carbons (Fsp3) is 0.909. The number of hydrogen-bond acceptors (Lipinski definition) is 2. The molecule has 0 saturated heterocycles. The minimum atomic E-state index is -0.452. The Balaban J connectivity index is 2.86. The van der Waals surface area contributed by atoms with E-state index in [0.717, 1.165) is 19.4 Å². The third-order valence-corrected chi connectivity index (χ3v) is 3.54. The number of primary amides is 1. The molecule has 1 aliphatic rings. The molecule has 0 aromatic carbocycles. The molecule has 1 aliphatic carbocycles. The summed E-state index contributed by atoms with van der Waals surface area (Å²) in [4.78, 5) is 11.6. The van der Waals surface area contributed by atoms with Crippen LogP contribution >= 0.6 is 0 Å². The van der Waals surface area contributed by atoms with Crippen molar-refractivity contribution in [1.82, 2.24) is 5.32 Å². The van der Waals surface area contributed by atoms with Crippen molar-refractivity contribution in [1.29, 1.82) is 0 Å². The van der Waals surface area contributed by atoms with E-state index in [-0.39, 0.29) is 5.91 Å². The van der Waals surface area contributed by atoms with Crippen LogP contribution in [-0.4, -0.2) is 18.0 Å². The molecule has 3 heteroatoms. The minimum absolute atomic E-state index is 0.182. The van der Waals surface area contributed by atoms with Gasteiger partial charge in [0.2, 0.25) is 5.91 Å². The van der Waals surface area contributed by atoms with Gasteiger partial charge in [0.1, 0.15) is 5.54 Å². The average Bonchev–Trinajstić information content (AvgIpc) is 2.11. The topological polar surface area (TPSA) is 55.1 Å². The lowest BCUT2D eigenvalue weighted by Crippen LogP contribution is -2.61. The number of nitrogens with two attached hydrogens (primary N) is 1. The van der Waals surface area contributed by atoms with Crippen molar-refractivity contribution in [2.75, 3.05) is 6.54 Å². The highest BCUT2D eigenvalue weighted by molar-refractivity contribution is 5.85. The Labute approximate surface area is 86.4 Å². The normalized spacial score (nSPS) is 38.2. The molecule has 14 heavy (non-hydrogen) atoms. The van der Waals surface area contributed by atoms with Crippen LogP contribution in [0.5, 0.6) is 0 Å². The van der Waals surface area contributed by atoms with Gasteiger partial charge in [0, 0.05) is 0 Å². The molecule has 0 heterocycles. The van der Waals surface area contributed by atoms with Gasteiger partial charge in [-0.05, 0) is 31.2 Å². The van der Waals surface area contributed by atoms with Crippen molar-refractivity contribution >= 4 is 5.91 Å². The quantitative estimate of drug-likeness (QED) is 0.717. The Morgan fingerprint density at radius 1 is 1.50 bits per heavy atom. The number of amides is 1. The van der Waals surface area contributed by atoms with Crippen LogP contribution in [-0.2, 0) is 4.79 Å². The fourth-order valence-corrected chi connectivity index (χ4v) is 2.63. The Bertz CT molecular complexity index is 217. The van der Waals surface area contributed by atoms with Crippen molar-refractivity contribution in [3.8, 4) is 0 Å². The highest BCUT2D eigenvalue weighted by Gasteiger charge is 2.44. The third kappa shape index (κ3) is 1.92. The van der Waals surface area contributed by atoms with E-state index in [0.29, 0.717) is 11.8 Å². The number of likely N-dealkylation sites (N-methyl/N-ethyl adjacent to an activating group) is 1. The molecule has 1 amide bonds. The summed E-state index contributed by atoms with van der Waals surface area (Å²) in [6, 6.07) is 0. The lowest BCUT2D eigenvalue weighted by atomic mass is 9.69. The Hall–Kier alpha value is -0.570. The van der Waals surface area contributed by atoms with Gasteiger partial charge in [-0.2, -0.15) is 0 Å². The number of carbonyl (C=O) groups is 1. The van der Waals surface area contributed by atoms with Crippen molar-refractivity contribution in [3.05, 3.63) is 0 Å². The molecule has 3 nitrogen and oxygen atoms in total. The van der Waals surface area contributed by atoms with Gasteiger partial charge in [-0.1, -0.05) is 27.2 Å². The number of hydrogen-bond donors (Lipinski definition) is 2. The van der Waals surface area contributed by atoms with Crippen LogP contribution in [0.2, 0.25) is 0 Å². The Morgan fingerprint density at radius 3 is 2.64 bits per heavy atom. The van der Waals surface area contributed by atoms with Gasteiger partial charge < -0.3 is 11.1 Å². The average molecular weight is 198 g/mol. The number of rotatable bonds is 3. The van der Waals surface area contributed by atoms with Gasteiger partial charge in [-0.15, -0.1) is 0 Å².